The number of carbonyl (C=O) groups is 1. The molecule has 2 N–H and O–H groups in total. The molecule has 0 spiro atoms. The molecule has 0 amide bonds. The molecule has 2 heterocycles. The number of hydrogen-bond donors (Lipinski definition) is 2. The summed E-state index contributed by atoms with van der Waals surface area (Å²) in [5, 5.41) is 13.9. The fraction of sp³-hybridized carbons (Fsp3) is 0.304. The molecule has 0 aliphatic carbocycles. The van der Waals surface area contributed by atoms with Crippen molar-refractivity contribution in [2.45, 2.75) is 13.0 Å². The molecule has 1 atom stereocenters. The van der Waals surface area contributed by atoms with Gasteiger partial charge in [0.15, 0.2) is 28.1 Å². The third-order valence-electron chi connectivity index (χ3n) is 5.51. The second-order valence-corrected chi connectivity index (χ2v) is 7.70. The summed E-state index contributed by atoms with van der Waals surface area (Å²) in [6.45, 7) is 2.73. The summed E-state index contributed by atoms with van der Waals surface area (Å²) in [6.07, 6.45) is 0. The molecule has 9 nitrogen and oxygen atoms in total. The third kappa shape index (κ3) is 3.97. The number of esters is 1. The summed E-state index contributed by atoms with van der Waals surface area (Å²) >= 11 is 5.69. The van der Waals surface area contributed by atoms with Crippen molar-refractivity contribution in [3.05, 3.63) is 47.2 Å². The van der Waals surface area contributed by atoms with Crippen LogP contribution in [0.3, 0.4) is 0 Å². The Hall–Kier alpha value is -3.66. The second-order valence-electron chi connectivity index (χ2n) is 7.31. The van der Waals surface area contributed by atoms with E-state index < -0.39 is 12.0 Å². The van der Waals surface area contributed by atoms with Crippen molar-refractivity contribution in [3.8, 4) is 28.7 Å². The number of allylic oxidation sites excluding steroid dienone is 1. The van der Waals surface area contributed by atoms with Gasteiger partial charge in [-0.25, -0.2) is 4.79 Å². The maximum atomic E-state index is 12.9. The lowest BCUT2D eigenvalue weighted by Crippen LogP contribution is -2.48. The Labute approximate surface area is 196 Å². The Kier molecular flexibility index (Phi) is 6.19. The molecular formula is C23H24N2O7S. The number of nitrogens with zero attached hydrogens (tertiary/aromatic N) is 1. The van der Waals surface area contributed by atoms with Gasteiger partial charge < -0.3 is 34.1 Å². The summed E-state index contributed by atoms with van der Waals surface area (Å²) < 4.78 is 27.0. The lowest BCUT2D eigenvalue weighted by Gasteiger charge is -2.37. The van der Waals surface area contributed by atoms with E-state index >= 15 is 0 Å². The first kappa shape index (κ1) is 22.5. The monoisotopic (exact) mass is 472 g/mol. The standard InChI is InChI=1S/C23H24N2O7S/c1-12-19(22(27)30-4)20(13-9-17(28-2)21(26)18(10-13)29-3)24-23(33)25(12)14-5-6-15-16(11-14)32-8-7-31-15/h5-6,9-11,20,26H,7-8H2,1-4H3,(H,24,33)/t20-/m1/s1. The molecule has 10 heteroatoms. The van der Waals surface area contributed by atoms with Crippen LogP contribution in [0.2, 0.25) is 0 Å². The van der Waals surface area contributed by atoms with Crippen molar-refractivity contribution in [1.29, 1.82) is 0 Å². The van der Waals surface area contributed by atoms with E-state index in [9.17, 15) is 9.90 Å². The Balaban J connectivity index is 1.83. The second kappa shape index (κ2) is 9.07. The Morgan fingerprint density at radius 3 is 2.33 bits per heavy atom. The topological polar surface area (TPSA) is 98.7 Å². The number of fused-ring (bicyclic) bond motifs is 1. The minimum absolute atomic E-state index is 0.139. The van der Waals surface area contributed by atoms with Crippen LogP contribution in [0.5, 0.6) is 28.7 Å². The van der Waals surface area contributed by atoms with Crippen molar-refractivity contribution in [1.82, 2.24) is 5.32 Å². The number of anilines is 1. The SMILES string of the molecule is COC(=O)C1=C(C)N(c2ccc3c(c2)OCCO3)C(=S)N[C@@H]1c1cc(OC)c(O)c(OC)c1. The molecule has 4 rings (SSSR count). The Morgan fingerprint density at radius 1 is 1.09 bits per heavy atom. The van der Waals surface area contributed by atoms with Gasteiger partial charge in [0.25, 0.3) is 0 Å². The van der Waals surface area contributed by atoms with E-state index in [1.807, 2.05) is 12.1 Å². The van der Waals surface area contributed by atoms with E-state index in [-0.39, 0.29) is 17.2 Å². The quantitative estimate of drug-likeness (QED) is 0.499. The molecule has 33 heavy (non-hydrogen) atoms. The number of methoxy groups -OCH3 is 3. The van der Waals surface area contributed by atoms with Crippen LogP contribution in [-0.2, 0) is 9.53 Å². The lowest BCUT2D eigenvalue weighted by atomic mass is 9.94. The summed E-state index contributed by atoms with van der Waals surface area (Å²) in [4.78, 5) is 14.6. The van der Waals surface area contributed by atoms with Gasteiger partial charge in [-0.05, 0) is 49.0 Å². The van der Waals surface area contributed by atoms with Crippen LogP contribution in [0.4, 0.5) is 5.69 Å². The molecular weight excluding hydrogens is 448 g/mol. The number of nitrogens with one attached hydrogen (secondary N) is 1. The molecule has 2 aliphatic rings. The van der Waals surface area contributed by atoms with Crippen LogP contribution in [0.1, 0.15) is 18.5 Å². The largest absolute Gasteiger partial charge is 0.502 e. The van der Waals surface area contributed by atoms with E-state index in [4.69, 9.17) is 35.9 Å². The van der Waals surface area contributed by atoms with Crippen LogP contribution in [0.25, 0.3) is 0 Å². The Bertz CT molecular complexity index is 1120. The Morgan fingerprint density at radius 2 is 1.73 bits per heavy atom. The van der Waals surface area contributed by atoms with Gasteiger partial charge in [0.1, 0.15) is 13.2 Å². The minimum atomic E-state index is -0.665. The van der Waals surface area contributed by atoms with E-state index in [0.717, 1.165) is 0 Å². The highest BCUT2D eigenvalue weighted by molar-refractivity contribution is 7.80. The number of ether oxygens (including phenoxy) is 5. The zero-order chi connectivity index (χ0) is 23.7. The summed E-state index contributed by atoms with van der Waals surface area (Å²) in [5.41, 5.74) is 2.23. The number of rotatable bonds is 5. The molecule has 0 saturated carbocycles. The van der Waals surface area contributed by atoms with Crippen molar-refractivity contribution in [2.24, 2.45) is 0 Å². The molecule has 2 aliphatic heterocycles. The van der Waals surface area contributed by atoms with Gasteiger partial charge in [-0.1, -0.05) is 0 Å². The van der Waals surface area contributed by atoms with Gasteiger partial charge in [0.05, 0.1) is 38.6 Å². The predicted octanol–water partition coefficient (Wildman–Crippen LogP) is 3.06. The first-order chi connectivity index (χ1) is 15.9. The molecule has 0 saturated heterocycles. The number of hydrogen-bond acceptors (Lipinski definition) is 8. The van der Waals surface area contributed by atoms with Crippen molar-refractivity contribution in [3.63, 3.8) is 0 Å². The van der Waals surface area contributed by atoms with Crippen LogP contribution in [0, 0.1) is 0 Å². The molecule has 0 bridgehead atoms. The molecule has 2 aromatic carbocycles. The summed E-state index contributed by atoms with van der Waals surface area (Å²) in [6, 6.07) is 8.03. The zero-order valence-electron chi connectivity index (χ0n) is 18.6. The number of carbonyl (C=O) groups excluding carboxylic acids is 1. The van der Waals surface area contributed by atoms with Crippen LogP contribution in [0.15, 0.2) is 41.6 Å². The highest BCUT2D eigenvalue weighted by atomic mass is 32.1. The normalized spacial score (nSPS) is 17.4. The number of thiocarbonyl (C=S) groups is 1. The summed E-state index contributed by atoms with van der Waals surface area (Å²) in [5.74, 6) is 0.990. The van der Waals surface area contributed by atoms with Crippen molar-refractivity contribution < 1.29 is 33.6 Å². The first-order valence-electron chi connectivity index (χ1n) is 10.1. The van der Waals surface area contributed by atoms with Gasteiger partial charge >= 0.3 is 5.97 Å². The molecule has 2 aromatic rings. The van der Waals surface area contributed by atoms with Gasteiger partial charge in [-0.2, -0.15) is 0 Å². The van der Waals surface area contributed by atoms with E-state index in [1.165, 1.54) is 21.3 Å². The minimum Gasteiger partial charge on any atom is -0.502 e. The lowest BCUT2D eigenvalue weighted by molar-refractivity contribution is -0.136. The highest BCUT2D eigenvalue weighted by Gasteiger charge is 2.36. The first-order valence-corrected chi connectivity index (χ1v) is 10.5. The molecule has 0 aromatic heterocycles. The third-order valence-corrected chi connectivity index (χ3v) is 5.81. The zero-order valence-corrected chi connectivity index (χ0v) is 19.4. The van der Waals surface area contributed by atoms with Crippen molar-refractivity contribution >= 4 is 29.0 Å². The van der Waals surface area contributed by atoms with E-state index in [1.54, 1.807) is 30.0 Å². The number of phenols is 1. The van der Waals surface area contributed by atoms with Gasteiger partial charge in [-0.15, -0.1) is 0 Å². The van der Waals surface area contributed by atoms with E-state index in [2.05, 4.69) is 5.32 Å². The average Bonchev–Trinajstić information content (AvgIpc) is 2.83. The average molecular weight is 473 g/mol. The van der Waals surface area contributed by atoms with Crippen LogP contribution < -0.4 is 29.2 Å². The van der Waals surface area contributed by atoms with Gasteiger partial charge in [-0.3, -0.25) is 4.90 Å². The van der Waals surface area contributed by atoms with Gasteiger partial charge in [0.2, 0.25) is 5.75 Å². The fourth-order valence-corrected chi connectivity index (χ4v) is 4.29. The predicted molar refractivity (Wildman–Crippen MR) is 124 cm³/mol. The van der Waals surface area contributed by atoms with E-state index in [0.29, 0.717) is 52.3 Å². The molecule has 0 fully saturated rings. The smallest absolute Gasteiger partial charge is 0.337 e. The number of benzene rings is 2. The van der Waals surface area contributed by atoms with Crippen LogP contribution in [-0.4, -0.2) is 50.7 Å². The molecule has 0 radical (unpaired) electrons. The maximum Gasteiger partial charge on any atom is 0.337 e. The summed E-state index contributed by atoms with van der Waals surface area (Å²) in [7, 11) is 4.19. The number of phenolic OH excluding ortho intramolecular Hbond substituents is 1. The van der Waals surface area contributed by atoms with Gasteiger partial charge in [0, 0.05) is 11.8 Å². The fourth-order valence-electron chi connectivity index (χ4n) is 3.93. The maximum absolute atomic E-state index is 12.9. The highest BCUT2D eigenvalue weighted by Crippen LogP contribution is 2.43. The number of aromatic hydroxyl groups is 1. The molecule has 0 unspecified atom stereocenters. The van der Waals surface area contributed by atoms with Crippen molar-refractivity contribution in [2.75, 3.05) is 39.4 Å². The molecule has 174 valence electrons. The van der Waals surface area contributed by atoms with Crippen LogP contribution >= 0.6 is 12.2 Å².